The van der Waals surface area contributed by atoms with Crippen LogP contribution in [0.5, 0.6) is 0 Å². The van der Waals surface area contributed by atoms with Crippen LogP contribution in [0.1, 0.15) is 245 Å². The summed E-state index contributed by atoms with van der Waals surface area (Å²) in [5, 5.41) is 13.9. The van der Waals surface area contributed by atoms with Gasteiger partial charge in [0.25, 0.3) is 7.82 Å². The van der Waals surface area contributed by atoms with Crippen LogP contribution in [0.2, 0.25) is 0 Å². The molecule has 0 saturated heterocycles. The van der Waals surface area contributed by atoms with Crippen molar-refractivity contribution in [2.45, 2.75) is 257 Å². The Bertz CT molecular complexity index is 1730. The first-order valence-electron chi connectivity index (χ1n) is 31.5. The highest BCUT2D eigenvalue weighted by Crippen LogP contribution is 2.38. The summed E-state index contributed by atoms with van der Waals surface area (Å²) in [6.07, 6.45) is 88.2. The summed E-state index contributed by atoms with van der Waals surface area (Å²) >= 11 is 0. The molecule has 0 aromatic rings. The van der Waals surface area contributed by atoms with Gasteiger partial charge in [-0.25, -0.2) is 0 Å². The second kappa shape index (κ2) is 58.3. The third-order valence-corrected chi connectivity index (χ3v) is 14.3. The highest BCUT2D eigenvalue weighted by Gasteiger charge is 2.23. The molecule has 0 rings (SSSR count). The van der Waals surface area contributed by atoms with Crippen LogP contribution in [0, 0.1) is 0 Å². The average Bonchev–Trinajstić information content (AvgIpc) is 3.41. The molecule has 0 aromatic heterocycles. The first kappa shape index (κ1) is 74.6. The Morgan fingerprint density at radius 1 is 0.462 bits per heavy atom. The standard InChI is InChI=1S/C69H119N2O6P/c1-6-8-10-12-14-16-18-20-22-24-26-28-29-30-31-32-33-34-35-36-37-38-39-40-41-43-45-47-49-51-53-55-57-59-61-63-69(73)70-67(66-77-78(74,75)76-65-64-71(3,4)5)68(72)62-60-58-56-54-52-50-48-46-44-42-27-25-23-21-19-17-15-13-11-9-7-2/h8,10,14,16,20,22,26,28,30-31,33-34,36-37,39-40,43,45,49,51,60,62,67-68,72H,6-7,9,11-13,15,17-19,21,23-25,27,29,32,35,38,41-42,44,46-48,50,52-59,61,63-66H2,1-5H3,(H-,70,73,74,75)/b10-8-,16-14-,22-20-,28-26-,31-30-,34-33-,37-36-,40-39-,45-43-,51-49-,62-60+. The Balaban J connectivity index is 4.27. The Hall–Kier alpha value is -3.36. The summed E-state index contributed by atoms with van der Waals surface area (Å²) in [6.45, 7) is 4.52. The van der Waals surface area contributed by atoms with Crippen LogP contribution in [-0.2, 0) is 18.4 Å². The lowest BCUT2D eigenvalue weighted by Crippen LogP contribution is -2.45. The minimum atomic E-state index is -4.62. The van der Waals surface area contributed by atoms with Gasteiger partial charge in [0.05, 0.1) is 39.9 Å². The first-order valence-corrected chi connectivity index (χ1v) is 33.0. The Morgan fingerprint density at radius 3 is 1.14 bits per heavy atom. The number of quaternary nitrogens is 1. The first-order chi connectivity index (χ1) is 38.0. The summed E-state index contributed by atoms with van der Waals surface area (Å²) in [6, 6.07) is -0.911. The van der Waals surface area contributed by atoms with E-state index in [2.05, 4.69) is 141 Å². The fourth-order valence-corrected chi connectivity index (χ4v) is 9.20. The number of aliphatic hydroxyl groups excluding tert-OH is 1. The normalized spacial score (nSPS) is 14.7. The number of unbranched alkanes of at least 4 members (excludes halogenated alkanes) is 23. The zero-order chi connectivity index (χ0) is 57.0. The molecule has 3 atom stereocenters. The maximum atomic E-state index is 13.0. The number of allylic oxidation sites excluding steroid dienone is 21. The fourth-order valence-electron chi connectivity index (χ4n) is 8.48. The Morgan fingerprint density at radius 2 is 0.782 bits per heavy atom. The van der Waals surface area contributed by atoms with E-state index < -0.39 is 26.6 Å². The van der Waals surface area contributed by atoms with Crippen LogP contribution in [0.25, 0.3) is 0 Å². The lowest BCUT2D eigenvalue weighted by Gasteiger charge is -2.29. The van der Waals surface area contributed by atoms with Gasteiger partial charge in [-0.3, -0.25) is 9.36 Å². The molecule has 78 heavy (non-hydrogen) atoms. The van der Waals surface area contributed by atoms with E-state index in [1.165, 1.54) is 109 Å². The number of amides is 1. The highest BCUT2D eigenvalue weighted by molar-refractivity contribution is 7.45. The number of rotatable bonds is 56. The van der Waals surface area contributed by atoms with Crippen molar-refractivity contribution in [1.82, 2.24) is 5.32 Å². The largest absolute Gasteiger partial charge is 0.756 e. The summed E-state index contributed by atoms with van der Waals surface area (Å²) in [4.78, 5) is 25.6. The van der Waals surface area contributed by atoms with Crippen LogP contribution in [0.15, 0.2) is 134 Å². The summed E-state index contributed by atoms with van der Waals surface area (Å²) in [5.41, 5.74) is 0. The highest BCUT2D eigenvalue weighted by atomic mass is 31.2. The van der Waals surface area contributed by atoms with E-state index in [9.17, 15) is 19.4 Å². The summed E-state index contributed by atoms with van der Waals surface area (Å²) in [7, 11) is 1.23. The van der Waals surface area contributed by atoms with Crippen LogP contribution in [0.3, 0.4) is 0 Å². The predicted molar refractivity (Wildman–Crippen MR) is 338 cm³/mol. The van der Waals surface area contributed by atoms with Crippen LogP contribution in [0.4, 0.5) is 0 Å². The molecular weight excluding hydrogens is 984 g/mol. The quantitative estimate of drug-likeness (QED) is 0.0272. The van der Waals surface area contributed by atoms with Gasteiger partial charge in [-0.1, -0.05) is 276 Å². The molecule has 8 nitrogen and oxygen atoms in total. The minimum Gasteiger partial charge on any atom is -0.756 e. The van der Waals surface area contributed by atoms with Crippen molar-refractivity contribution in [2.75, 3.05) is 40.9 Å². The van der Waals surface area contributed by atoms with Gasteiger partial charge in [0, 0.05) is 6.42 Å². The smallest absolute Gasteiger partial charge is 0.268 e. The van der Waals surface area contributed by atoms with Gasteiger partial charge in [-0.15, -0.1) is 0 Å². The number of nitrogens with one attached hydrogen (secondary N) is 1. The van der Waals surface area contributed by atoms with Crippen LogP contribution >= 0.6 is 7.82 Å². The Kier molecular flexibility index (Phi) is 55.8. The van der Waals surface area contributed by atoms with Crippen LogP contribution in [-0.4, -0.2) is 68.5 Å². The third-order valence-electron chi connectivity index (χ3n) is 13.4. The van der Waals surface area contributed by atoms with Crippen molar-refractivity contribution in [3.05, 3.63) is 134 Å². The van der Waals surface area contributed by atoms with Gasteiger partial charge in [-0.05, 0) is 96.3 Å². The number of hydrogen-bond acceptors (Lipinski definition) is 6. The molecular formula is C69H119N2O6P. The number of carbonyl (C=O) groups is 1. The number of aliphatic hydroxyl groups is 1. The van der Waals surface area contributed by atoms with Gasteiger partial charge in [0.2, 0.25) is 5.91 Å². The number of carbonyl (C=O) groups excluding carboxylic acids is 1. The summed E-state index contributed by atoms with van der Waals surface area (Å²) in [5.74, 6) is -0.226. The van der Waals surface area contributed by atoms with Crippen molar-refractivity contribution in [1.29, 1.82) is 0 Å². The number of phosphoric acid groups is 1. The van der Waals surface area contributed by atoms with Crippen molar-refractivity contribution in [3.63, 3.8) is 0 Å². The molecule has 0 bridgehead atoms. The monoisotopic (exact) mass is 1100 g/mol. The average molecular weight is 1100 g/mol. The zero-order valence-corrected chi connectivity index (χ0v) is 51.7. The van der Waals surface area contributed by atoms with Crippen molar-refractivity contribution >= 4 is 13.7 Å². The Labute approximate surface area is 481 Å². The molecule has 0 radical (unpaired) electrons. The van der Waals surface area contributed by atoms with E-state index in [1.54, 1.807) is 6.08 Å². The number of likely N-dealkylation sites (N-methyl/N-ethyl adjacent to an activating group) is 1. The number of phosphoric ester groups is 1. The molecule has 2 N–H and O–H groups in total. The lowest BCUT2D eigenvalue weighted by molar-refractivity contribution is -0.870. The fraction of sp³-hybridized carbons (Fsp3) is 0.667. The lowest BCUT2D eigenvalue weighted by atomic mass is 10.0. The van der Waals surface area contributed by atoms with Crippen molar-refractivity contribution in [3.8, 4) is 0 Å². The molecule has 0 aliphatic carbocycles. The van der Waals surface area contributed by atoms with Gasteiger partial charge in [0.15, 0.2) is 0 Å². The van der Waals surface area contributed by atoms with E-state index in [-0.39, 0.29) is 12.5 Å². The zero-order valence-electron chi connectivity index (χ0n) is 50.8. The molecule has 0 fully saturated rings. The van der Waals surface area contributed by atoms with Gasteiger partial charge < -0.3 is 28.8 Å². The molecule has 0 aliphatic heterocycles. The topological polar surface area (TPSA) is 108 Å². The van der Waals surface area contributed by atoms with E-state index in [0.717, 1.165) is 116 Å². The van der Waals surface area contributed by atoms with Gasteiger partial charge >= 0.3 is 0 Å². The molecule has 0 spiro atoms. The molecule has 446 valence electrons. The summed E-state index contributed by atoms with van der Waals surface area (Å²) < 4.78 is 23.4. The maximum absolute atomic E-state index is 13.0. The van der Waals surface area contributed by atoms with Crippen molar-refractivity contribution in [2.24, 2.45) is 0 Å². The van der Waals surface area contributed by atoms with Crippen LogP contribution < -0.4 is 10.2 Å². The van der Waals surface area contributed by atoms with E-state index >= 15 is 0 Å². The molecule has 1 amide bonds. The second-order valence-corrected chi connectivity index (χ2v) is 23.4. The number of hydrogen-bond donors (Lipinski definition) is 2. The molecule has 0 heterocycles. The maximum Gasteiger partial charge on any atom is 0.268 e. The molecule has 0 saturated carbocycles. The minimum absolute atomic E-state index is 0.0132. The predicted octanol–water partition coefficient (Wildman–Crippen LogP) is 19.2. The second-order valence-electron chi connectivity index (χ2n) is 22.0. The SMILES string of the molecule is CC/C=C\C/C=C\C/C=C\C/C=C\C/C=C\C/C=C\C/C=C\C/C=C\C/C=C\C/C=C\CCCCCCC(=O)NC(COP(=O)([O-])OCC[N+](C)(C)C)C(O)/C=C/CCCCCCCCCCCCCCCCCCCCC. The molecule has 3 unspecified atom stereocenters. The number of nitrogens with zero attached hydrogens (tertiary/aromatic N) is 1. The van der Waals surface area contributed by atoms with Gasteiger partial charge in [-0.2, -0.15) is 0 Å². The van der Waals surface area contributed by atoms with E-state index in [1.807, 2.05) is 27.2 Å². The third kappa shape index (κ3) is 60.3. The molecule has 9 heteroatoms. The molecule has 0 aromatic carbocycles. The molecule has 0 aliphatic rings. The van der Waals surface area contributed by atoms with Gasteiger partial charge in [0.1, 0.15) is 13.2 Å². The van der Waals surface area contributed by atoms with E-state index in [4.69, 9.17) is 9.05 Å². The van der Waals surface area contributed by atoms with E-state index in [0.29, 0.717) is 17.4 Å². The van der Waals surface area contributed by atoms with Crippen molar-refractivity contribution < 1.29 is 32.9 Å².